The van der Waals surface area contributed by atoms with Crippen molar-refractivity contribution in [2.75, 3.05) is 18.0 Å². The zero-order chi connectivity index (χ0) is 15.9. The Balaban J connectivity index is 1.56. The lowest BCUT2D eigenvalue weighted by Gasteiger charge is -2.35. The van der Waals surface area contributed by atoms with Crippen LogP contribution >= 0.6 is 0 Å². The molecule has 1 N–H and O–H groups in total. The number of rotatable bonds is 2. The first-order valence-electron chi connectivity index (χ1n) is 8.34. The van der Waals surface area contributed by atoms with Crippen molar-refractivity contribution in [2.45, 2.75) is 18.9 Å². The Labute approximate surface area is 139 Å². The quantitative estimate of drug-likeness (QED) is 0.617. The average molecular weight is 318 g/mol. The number of nitrogens with one attached hydrogen (secondary N) is 1. The molecule has 1 aliphatic rings. The molecule has 1 saturated heterocycles. The summed E-state index contributed by atoms with van der Waals surface area (Å²) in [7, 11) is 0. The zero-order valence-corrected chi connectivity index (χ0v) is 13.3. The monoisotopic (exact) mass is 318 g/mol. The molecule has 1 aliphatic heterocycles. The lowest BCUT2D eigenvalue weighted by atomic mass is 10.0. The van der Waals surface area contributed by atoms with E-state index in [2.05, 4.69) is 47.6 Å². The molecule has 120 valence electrons. The third-order valence-electron chi connectivity index (χ3n) is 4.94. The van der Waals surface area contributed by atoms with Crippen molar-refractivity contribution >= 4 is 27.8 Å². The van der Waals surface area contributed by atoms with Gasteiger partial charge in [-0.3, -0.25) is 4.98 Å². The van der Waals surface area contributed by atoms with Crippen LogP contribution in [0.25, 0.3) is 22.1 Å². The van der Waals surface area contributed by atoms with E-state index in [0.29, 0.717) is 6.04 Å². The maximum absolute atomic E-state index is 4.58. The maximum Gasteiger partial charge on any atom is 0.139 e. The fourth-order valence-electron chi connectivity index (χ4n) is 3.78. The van der Waals surface area contributed by atoms with Crippen molar-refractivity contribution in [3.05, 3.63) is 49.3 Å². The van der Waals surface area contributed by atoms with Gasteiger partial charge in [0.1, 0.15) is 11.2 Å². The predicted octanol–water partition coefficient (Wildman–Crippen LogP) is 3.15. The molecule has 1 fully saturated rings. The van der Waals surface area contributed by atoms with Gasteiger partial charge in [-0.05, 0) is 31.0 Å². The molecular weight excluding hydrogens is 300 g/mol. The number of fused-ring (bicyclic) bond motifs is 3. The number of aromatic nitrogens is 5. The SMILES string of the molecule is c1cc(N2CCCC(n3cnc4cnc5[nH]ccc5c43)C2)ccn1. The second-order valence-corrected chi connectivity index (χ2v) is 6.33. The first-order valence-corrected chi connectivity index (χ1v) is 8.34. The Bertz CT molecular complexity index is 987. The van der Waals surface area contributed by atoms with Crippen LogP contribution in [0.5, 0.6) is 0 Å². The molecule has 0 aliphatic carbocycles. The standard InChI is InChI=1S/C18H18N6/c1-2-14(11-23(9-1)13-3-6-19-7-4-13)24-12-22-16-10-21-18-15(17(16)24)5-8-20-18/h3-8,10,12,14H,1-2,9,11H2,(H,20,21). The highest BCUT2D eigenvalue weighted by atomic mass is 15.2. The van der Waals surface area contributed by atoms with Crippen LogP contribution in [0.4, 0.5) is 5.69 Å². The number of anilines is 1. The van der Waals surface area contributed by atoms with Gasteiger partial charge in [-0.25, -0.2) is 9.97 Å². The van der Waals surface area contributed by atoms with Crippen LogP contribution in [0, 0.1) is 0 Å². The summed E-state index contributed by atoms with van der Waals surface area (Å²) in [6.07, 6.45) is 11.8. The molecule has 1 unspecified atom stereocenters. The number of aromatic amines is 1. The van der Waals surface area contributed by atoms with Gasteiger partial charge in [0.2, 0.25) is 0 Å². The molecule has 4 aromatic rings. The first-order chi connectivity index (χ1) is 11.9. The molecule has 5 heterocycles. The molecule has 1 atom stereocenters. The number of H-pyrrole nitrogens is 1. The highest BCUT2D eigenvalue weighted by Crippen LogP contribution is 2.30. The van der Waals surface area contributed by atoms with E-state index in [4.69, 9.17) is 0 Å². The van der Waals surface area contributed by atoms with Gasteiger partial charge in [-0.1, -0.05) is 0 Å². The number of nitrogens with zero attached hydrogens (tertiary/aromatic N) is 5. The van der Waals surface area contributed by atoms with Crippen LogP contribution in [0.2, 0.25) is 0 Å². The molecule has 6 nitrogen and oxygen atoms in total. The molecular formula is C18H18N6. The molecule has 0 radical (unpaired) electrons. The Hall–Kier alpha value is -2.89. The number of hydrogen-bond acceptors (Lipinski definition) is 4. The Kier molecular flexibility index (Phi) is 3.01. The minimum absolute atomic E-state index is 0.414. The Morgan fingerprint density at radius 3 is 2.96 bits per heavy atom. The maximum atomic E-state index is 4.58. The van der Waals surface area contributed by atoms with Gasteiger partial charge in [0, 0.05) is 42.8 Å². The second kappa shape index (κ2) is 5.33. The smallest absolute Gasteiger partial charge is 0.139 e. The van der Waals surface area contributed by atoms with Gasteiger partial charge < -0.3 is 14.5 Å². The van der Waals surface area contributed by atoms with Crippen molar-refractivity contribution in [3.8, 4) is 0 Å². The van der Waals surface area contributed by atoms with Gasteiger partial charge in [-0.15, -0.1) is 0 Å². The molecule has 6 heteroatoms. The summed E-state index contributed by atoms with van der Waals surface area (Å²) in [4.78, 5) is 18.8. The molecule has 5 rings (SSSR count). The topological polar surface area (TPSA) is 62.6 Å². The van der Waals surface area contributed by atoms with E-state index in [-0.39, 0.29) is 0 Å². The van der Waals surface area contributed by atoms with E-state index >= 15 is 0 Å². The zero-order valence-electron chi connectivity index (χ0n) is 13.3. The van der Waals surface area contributed by atoms with E-state index in [0.717, 1.165) is 29.6 Å². The third kappa shape index (κ3) is 2.06. The number of piperidine rings is 1. The lowest BCUT2D eigenvalue weighted by Crippen LogP contribution is -2.36. The van der Waals surface area contributed by atoms with Crippen LogP contribution in [-0.4, -0.2) is 37.6 Å². The third-order valence-corrected chi connectivity index (χ3v) is 4.94. The number of imidazole rings is 1. The Morgan fingerprint density at radius 1 is 1.12 bits per heavy atom. The van der Waals surface area contributed by atoms with Gasteiger partial charge in [-0.2, -0.15) is 0 Å². The highest BCUT2D eigenvalue weighted by molar-refractivity contribution is 6.00. The van der Waals surface area contributed by atoms with Crippen molar-refractivity contribution in [3.63, 3.8) is 0 Å². The molecule has 0 amide bonds. The normalized spacial score (nSPS) is 18.5. The summed E-state index contributed by atoms with van der Waals surface area (Å²) in [6.45, 7) is 2.08. The molecule has 0 aromatic carbocycles. The van der Waals surface area contributed by atoms with Gasteiger partial charge in [0.15, 0.2) is 0 Å². The predicted molar refractivity (Wildman–Crippen MR) is 94.1 cm³/mol. The fourth-order valence-corrected chi connectivity index (χ4v) is 3.78. The molecule has 4 aromatic heterocycles. The highest BCUT2D eigenvalue weighted by Gasteiger charge is 2.23. The fraction of sp³-hybridized carbons (Fsp3) is 0.278. The van der Waals surface area contributed by atoms with Crippen molar-refractivity contribution in [2.24, 2.45) is 0 Å². The van der Waals surface area contributed by atoms with E-state index < -0.39 is 0 Å². The van der Waals surface area contributed by atoms with E-state index in [1.165, 1.54) is 24.0 Å². The summed E-state index contributed by atoms with van der Waals surface area (Å²) in [5.41, 5.74) is 4.31. The average Bonchev–Trinajstić information content (AvgIpc) is 3.28. The summed E-state index contributed by atoms with van der Waals surface area (Å²) in [6, 6.07) is 6.68. The summed E-state index contributed by atoms with van der Waals surface area (Å²) in [5.74, 6) is 0. The number of pyridine rings is 2. The van der Waals surface area contributed by atoms with Gasteiger partial charge >= 0.3 is 0 Å². The summed E-state index contributed by atoms with van der Waals surface area (Å²) >= 11 is 0. The van der Waals surface area contributed by atoms with Crippen molar-refractivity contribution in [1.29, 1.82) is 0 Å². The molecule has 0 bridgehead atoms. The van der Waals surface area contributed by atoms with Gasteiger partial charge in [0.05, 0.1) is 24.1 Å². The van der Waals surface area contributed by atoms with Crippen molar-refractivity contribution in [1.82, 2.24) is 24.5 Å². The van der Waals surface area contributed by atoms with Gasteiger partial charge in [0.25, 0.3) is 0 Å². The molecule has 0 saturated carbocycles. The number of hydrogen-bond donors (Lipinski definition) is 1. The van der Waals surface area contributed by atoms with E-state index in [9.17, 15) is 0 Å². The second-order valence-electron chi connectivity index (χ2n) is 6.33. The summed E-state index contributed by atoms with van der Waals surface area (Å²) in [5, 5.41) is 1.14. The summed E-state index contributed by atoms with van der Waals surface area (Å²) < 4.78 is 2.33. The van der Waals surface area contributed by atoms with Crippen LogP contribution in [-0.2, 0) is 0 Å². The van der Waals surface area contributed by atoms with E-state index in [1.54, 1.807) is 0 Å². The largest absolute Gasteiger partial charge is 0.369 e. The van der Waals surface area contributed by atoms with Crippen LogP contribution in [0.15, 0.2) is 49.3 Å². The molecule has 0 spiro atoms. The van der Waals surface area contributed by atoms with Crippen LogP contribution in [0.1, 0.15) is 18.9 Å². The van der Waals surface area contributed by atoms with Crippen LogP contribution < -0.4 is 4.90 Å². The van der Waals surface area contributed by atoms with Crippen molar-refractivity contribution < 1.29 is 0 Å². The Morgan fingerprint density at radius 2 is 2.04 bits per heavy atom. The van der Waals surface area contributed by atoms with Crippen LogP contribution in [0.3, 0.4) is 0 Å². The lowest BCUT2D eigenvalue weighted by molar-refractivity contribution is 0.413. The molecule has 24 heavy (non-hydrogen) atoms. The minimum atomic E-state index is 0.414. The minimum Gasteiger partial charge on any atom is -0.369 e. The first kappa shape index (κ1) is 13.5. The van der Waals surface area contributed by atoms with E-state index in [1.807, 2.05) is 31.1 Å².